The van der Waals surface area contributed by atoms with E-state index in [0.717, 1.165) is 31.5 Å². The van der Waals surface area contributed by atoms with E-state index in [9.17, 15) is 9.18 Å². The first-order valence-electron chi connectivity index (χ1n) is 8.62. The van der Waals surface area contributed by atoms with Crippen molar-refractivity contribution >= 4 is 33.4 Å². The maximum atomic E-state index is 13.3. The molecule has 0 aliphatic heterocycles. The number of hydrogen-bond acceptors (Lipinski definition) is 4. The largest absolute Gasteiger partial charge is 0.496 e. The van der Waals surface area contributed by atoms with Gasteiger partial charge in [-0.15, -0.1) is 0 Å². The molecule has 0 aliphatic carbocycles. The van der Waals surface area contributed by atoms with Crippen molar-refractivity contribution in [3.63, 3.8) is 0 Å². The number of fused-ring (bicyclic) bond motifs is 1. The summed E-state index contributed by atoms with van der Waals surface area (Å²) >= 11 is 2.18. The van der Waals surface area contributed by atoms with Crippen LogP contribution >= 0.6 is 22.6 Å². The van der Waals surface area contributed by atoms with E-state index >= 15 is 0 Å². The van der Waals surface area contributed by atoms with E-state index in [2.05, 4.69) is 32.6 Å². The van der Waals surface area contributed by atoms with Crippen LogP contribution in [0.2, 0.25) is 0 Å². The summed E-state index contributed by atoms with van der Waals surface area (Å²) in [6.45, 7) is 0. The van der Waals surface area contributed by atoms with E-state index in [0.29, 0.717) is 24.0 Å². The van der Waals surface area contributed by atoms with Gasteiger partial charge in [0.25, 0.3) is 5.56 Å². The van der Waals surface area contributed by atoms with Gasteiger partial charge in [-0.1, -0.05) is 0 Å². The molecule has 3 aromatic heterocycles. The number of ether oxygens (including phenoxy) is 1. The number of benzene rings is 1. The second kappa shape index (κ2) is 7.75. The molecule has 142 valence electrons. The van der Waals surface area contributed by atoms with Crippen LogP contribution in [0.4, 0.5) is 4.39 Å². The molecule has 1 aromatic carbocycles. The number of hydrogen-bond donors (Lipinski definition) is 1. The molecule has 0 unspecified atom stereocenters. The van der Waals surface area contributed by atoms with Crippen LogP contribution in [-0.2, 0) is 12.8 Å². The molecule has 4 rings (SSSR count). The molecule has 0 amide bonds. The Kier molecular flexibility index (Phi) is 5.17. The minimum absolute atomic E-state index is 0.209. The summed E-state index contributed by atoms with van der Waals surface area (Å²) in [4.78, 5) is 19.5. The quantitative estimate of drug-likeness (QED) is 0.412. The van der Waals surface area contributed by atoms with Crippen LogP contribution in [0.15, 0.2) is 58.2 Å². The van der Waals surface area contributed by atoms with Gasteiger partial charge in [0.1, 0.15) is 17.3 Å². The topological polar surface area (TPSA) is 68.1 Å². The molecule has 0 radical (unpaired) electrons. The summed E-state index contributed by atoms with van der Waals surface area (Å²) < 4.78 is 25.2. The van der Waals surface area contributed by atoms with Gasteiger partial charge in [0.15, 0.2) is 0 Å². The monoisotopic (exact) mass is 490 g/mol. The maximum Gasteiger partial charge on any atom is 0.259 e. The van der Waals surface area contributed by atoms with Crippen molar-refractivity contribution in [3.8, 4) is 17.1 Å². The predicted molar refractivity (Wildman–Crippen MR) is 113 cm³/mol. The third-order valence-electron chi connectivity index (χ3n) is 4.51. The number of H-pyrrole nitrogens is 1. The van der Waals surface area contributed by atoms with E-state index in [1.807, 2.05) is 24.3 Å². The van der Waals surface area contributed by atoms with Crippen LogP contribution in [0, 0.1) is 9.39 Å². The Balaban J connectivity index is 1.66. The molecule has 0 spiro atoms. The summed E-state index contributed by atoms with van der Waals surface area (Å²) in [5.41, 5.74) is 2.14. The van der Waals surface area contributed by atoms with Crippen LogP contribution in [0.3, 0.4) is 0 Å². The molecule has 0 fully saturated rings. The van der Waals surface area contributed by atoms with E-state index in [1.165, 1.54) is 12.3 Å². The minimum Gasteiger partial charge on any atom is -0.496 e. The van der Waals surface area contributed by atoms with Gasteiger partial charge in [-0.2, -0.15) is 0 Å². The number of nitrogens with zero attached hydrogens (tertiary/aromatic N) is 1. The summed E-state index contributed by atoms with van der Waals surface area (Å²) in [7, 11) is 1.62. The first-order chi connectivity index (χ1) is 13.5. The highest BCUT2D eigenvalue weighted by molar-refractivity contribution is 14.1. The lowest BCUT2D eigenvalue weighted by atomic mass is 10.1. The summed E-state index contributed by atoms with van der Waals surface area (Å²) in [6.07, 6.45) is 5.53. The predicted octanol–water partition coefficient (Wildman–Crippen LogP) is 4.72. The number of nitrogens with one attached hydrogen (secondary N) is 1. The molecule has 28 heavy (non-hydrogen) atoms. The van der Waals surface area contributed by atoms with Crippen molar-refractivity contribution in [2.24, 2.45) is 0 Å². The van der Waals surface area contributed by atoms with Crippen molar-refractivity contribution < 1.29 is 13.5 Å². The second-order valence-corrected chi connectivity index (χ2v) is 7.54. The summed E-state index contributed by atoms with van der Waals surface area (Å²) in [6, 6.07) is 8.97. The van der Waals surface area contributed by atoms with Gasteiger partial charge in [-0.3, -0.25) is 9.78 Å². The molecule has 0 saturated heterocycles. The van der Waals surface area contributed by atoms with E-state index in [1.54, 1.807) is 19.6 Å². The normalized spacial score (nSPS) is 11.1. The van der Waals surface area contributed by atoms with E-state index in [-0.39, 0.29) is 11.4 Å². The van der Waals surface area contributed by atoms with Crippen molar-refractivity contribution in [3.05, 3.63) is 80.0 Å². The van der Waals surface area contributed by atoms with Crippen LogP contribution in [0.25, 0.3) is 22.1 Å². The summed E-state index contributed by atoms with van der Waals surface area (Å²) in [5, 5.41) is 1.24. The Bertz CT molecular complexity index is 1220. The fourth-order valence-corrected chi connectivity index (χ4v) is 3.91. The lowest BCUT2D eigenvalue weighted by Gasteiger charge is -2.05. The van der Waals surface area contributed by atoms with Crippen molar-refractivity contribution in [2.45, 2.75) is 12.8 Å². The Morgan fingerprint density at radius 1 is 1.21 bits per heavy atom. The molecule has 0 aliphatic rings. The molecule has 0 atom stereocenters. The van der Waals surface area contributed by atoms with Gasteiger partial charge < -0.3 is 14.1 Å². The molecule has 3 heterocycles. The van der Waals surface area contributed by atoms with E-state index in [4.69, 9.17) is 9.15 Å². The van der Waals surface area contributed by atoms with Crippen molar-refractivity contribution in [1.29, 1.82) is 0 Å². The number of rotatable bonds is 5. The average molecular weight is 490 g/mol. The molecule has 0 saturated carbocycles. The zero-order chi connectivity index (χ0) is 19.7. The summed E-state index contributed by atoms with van der Waals surface area (Å²) in [5.74, 6) is 0.927. The van der Waals surface area contributed by atoms with Crippen LogP contribution in [0.5, 0.6) is 5.75 Å². The van der Waals surface area contributed by atoms with Crippen LogP contribution in [-0.4, -0.2) is 17.1 Å². The highest BCUT2D eigenvalue weighted by atomic mass is 127. The van der Waals surface area contributed by atoms with Crippen LogP contribution < -0.4 is 10.3 Å². The fourth-order valence-electron chi connectivity index (χ4n) is 3.17. The Morgan fingerprint density at radius 3 is 2.82 bits per heavy atom. The third-order valence-corrected chi connectivity index (χ3v) is 5.35. The van der Waals surface area contributed by atoms with Gasteiger partial charge >= 0.3 is 0 Å². The molecule has 4 aromatic rings. The van der Waals surface area contributed by atoms with E-state index < -0.39 is 0 Å². The number of aromatic amines is 1. The second-order valence-electron chi connectivity index (χ2n) is 6.38. The number of pyridine rings is 2. The number of aryl methyl sites for hydroxylation is 2. The van der Waals surface area contributed by atoms with Crippen molar-refractivity contribution in [1.82, 2.24) is 9.97 Å². The van der Waals surface area contributed by atoms with Gasteiger partial charge in [-0.05, 0) is 71.3 Å². The fraction of sp³-hybridized carbons (Fsp3) is 0.143. The number of aromatic nitrogens is 2. The maximum absolute atomic E-state index is 13.3. The van der Waals surface area contributed by atoms with Crippen LogP contribution in [0.1, 0.15) is 11.3 Å². The highest BCUT2D eigenvalue weighted by Crippen LogP contribution is 2.32. The molecular weight excluding hydrogens is 474 g/mol. The first-order valence-corrected chi connectivity index (χ1v) is 9.70. The van der Waals surface area contributed by atoms with Gasteiger partial charge in [0.2, 0.25) is 0 Å². The van der Waals surface area contributed by atoms with Gasteiger partial charge in [0, 0.05) is 22.8 Å². The Labute approximate surface area is 173 Å². The number of methoxy groups -OCH3 is 1. The average Bonchev–Trinajstić information content (AvgIpc) is 3.11. The SMILES string of the molecule is COc1ccc(-c2occ3cc(CCc4cncc(F)c4)[nH]c(=O)c23)cc1I. The number of furan rings is 1. The number of halogens is 2. The van der Waals surface area contributed by atoms with Gasteiger partial charge in [0.05, 0.1) is 28.5 Å². The van der Waals surface area contributed by atoms with Crippen molar-refractivity contribution in [2.75, 3.05) is 7.11 Å². The first kappa shape index (κ1) is 18.7. The Morgan fingerprint density at radius 2 is 2.07 bits per heavy atom. The Hall–Kier alpha value is -2.68. The third kappa shape index (κ3) is 3.66. The molecular formula is C21H16FIN2O3. The highest BCUT2D eigenvalue weighted by Gasteiger charge is 2.15. The lowest BCUT2D eigenvalue weighted by molar-refractivity contribution is 0.412. The molecule has 0 bridgehead atoms. The smallest absolute Gasteiger partial charge is 0.259 e. The zero-order valence-corrected chi connectivity index (χ0v) is 17.1. The molecule has 5 nitrogen and oxygen atoms in total. The standard InChI is InChI=1S/C21H16FIN2O3/c1-27-18-5-3-13(8-17(18)23)20-19-14(11-28-20)7-16(25-21(19)26)4-2-12-6-15(22)10-24-9-12/h3,5-11H,2,4H2,1H3,(H,25,26). The lowest BCUT2D eigenvalue weighted by Crippen LogP contribution is -2.10. The minimum atomic E-state index is -0.366. The molecule has 1 N–H and O–H groups in total. The molecule has 7 heteroatoms. The van der Waals surface area contributed by atoms with Gasteiger partial charge in [-0.25, -0.2) is 4.39 Å². The zero-order valence-electron chi connectivity index (χ0n) is 15.0.